The number of hydrogen-bond acceptors (Lipinski definition) is 6. The second-order valence-electron chi connectivity index (χ2n) is 6.57. The van der Waals surface area contributed by atoms with Gasteiger partial charge in [-0.25, -0.2) is 15.0 Å². The molecule has 29 heavy (non-hydrogen) atoms. The van der Waals surface area contributed by atoms with Crippen LogP contribution >= 0.6 is 22.9 Å². The lowest BCUT2D eigenvalue weighted by Crippen LogP contribution is -2.07. The van der Waals surface area contributed by atoms with Gasteiger partial charge in [0.15, 0.2) is 11.0 Å². The largest absolute Gasteiger partial charge is 0.309 e. The van der Waals surface area contributed by atoms with Gasteiger partial charge < -0.3 is 10.6 Å². The molecule has 2 N–H and O–H groups in total. The number of carbonyl (C=O) groups excluding carboxylic acids is 1. The number of amides is 1. The minimum Gasteiger partial charge on any atom is -0.309 e. The molecule has 0 unspecified atom stereocenters. The van der Waals surface area contributed by atoms with Crippen molar-refractivity contribution >= 4 is 34.0 Å². The van der Waals surface area contributed by atoms with Gasteiger partial charge in [-0.3, -0.25) is 4.79 Å². The van der Waals surface area contributed by atoms with E-state index in [9.17, 15) is 4.79 Å². The van der Waals surface area contributed by atoms with Crippen molar-refractivity contribution in [3.63, 3.8) is 0 Å². The minimum absolute atomic E-state index is 0.136. The fraction of sp³-hybridized carbons (Fsp3) is 0.238. The Morgan fingerprint density at radius 2 is 2.17 bits per heavy atom. The molecule has 2 heterocycles. The molecule has 3 aromatic rings. The van der Waals surface area contributed by atoms with E-state index in [1.807, 2.05) is 31.4 Å². The third-order valence-corrected chi connectivity index (χ3v) is 5.75. The first-order chi connectivity index (χ1) is 14.0. The van der Waals surface area contributed by atoms with Gasteiger partial charge in [0.2, 0.25) is 5.91 Å². The molecule has 1 amide bonds. The van der Waals surface area contributed by atoms with Crippen molar-refractivity contribution in [3.8, 4) is 33.8 Å². The van der Waals surface area contributed by atoms with Gasteiger partial charge >= 0.3 is 0 Å². The molecule has 1 aliphatic rings. The molecule has 2 aromatic heterocycles. The molecule has 0 aliphatic heterocycles. The molecule has 1 aromatic carbocycles. The highest BCUT2D eigenvalue weighted by molar-refractivity contribution is 7.19. The summed E-state index contributed by atoms with van der Waals surface area (Å²) in [6, 6.07) is 5.61. The van der Waals surface area contributed by atoms with E-state index in [0.717, 1.165) is 45.8 Å². The van der Waals surface area contributed by atoms with E-state index >= 15 is 0 Å². The van der Waals surface area contributed by atoms with Gasteiger partial charge in [0.25, 0.3) is 0 Å². The number of carbonyl (C=O) groups is 1. The maximum atomic E-state index is 11.4. The van der Waals surface area contributed by atoms with Crippen molar-refractivity contribution in [1.82, 2.24) is 20.3 Å². The Kier molecular flexibility index (Phi) is 5.58. The van der Waals surface area contributed by atoms with Gasteiger partial charge in [0.1, 0.15) is 0 Å². The van der Waals surface area contributed by atoms with Crippen molar-refractivity contribution in [3.05, 3.63) is 46.2 Å². The summed E-state index contributed by atoms with van der Waals surface area (Å²) in [6.07, 6.45) is 3.47. The predicted octanol–water partition coefficient (Wildman–Crippen LogP) is 3.55. The van der Waals surface area contributed by atoms with E-state index in [-0.39, 0.29) is 5.91 Å². The van der Waals surface area contributed by atoms with Crippen LogP contribution < -0.4 is 10.6 Å². The van der Waals surface area contributed by atoms with Gasteiger partial charge in [-0.15, -0.1) is 0 Å². The van der Waals surface area contributed by atoms with Crippen LogP contribution in [0.15, 0.2) is 24.4 Å². The van der Waals surface area contributed by atoms with Gasteiger partial charge in [-0.1, -0.05) is 34.8 Å². The molecule has 0 atom stereocenters. The molecule has 0 saturated heterocycles. The molecule has 8 heteroatoms. The van der Waals surface area contributed by atoms with Crippen LogP contribution in [0.3, 0.4) is 0 Å². The summed E-state index contributed by atoms with van der Waals surface area (Å²) in [7, 11) is 1.86. The van der Waals surface area contributed by atoms with E-state index in [0.29, 0.717) is 22.5 Å². The van der Waals surface area contributed by atoms with Crippen LogP contribution in [0.2, 0.25) is 5.02 Å². The average Bonchev–Trinajstić information content (AvgIpc) is 3.11. The van der Waals surface area contributed by atoms with Crippen LogP contribution in [0.5, 0.6) is 0 Å². The quantitative estimate of drug-likeness (QED) is 0.630. The molecule has 146 valence electrons. The number of rotatable bonds is 3. The lowest BCUT2D eigenvalue weighted by Gasteiger charge is -2.15. The van der Waals surface area contributed by atoms with E-state index < -0.39 is 0 Å². The lowest BCUT2D eigenvalue weighted by molar-refractivity contribution is -0.114. The standard InChI is InChI=1S/C21H18ClN5OS/c1-12(28)25-21-26-17-8-6-14-11-24-20(27-18(14)19(17)29-21)15-10-13(4-3-9-23-2)5-7-16(15)22/h5,7,10-11,23H,6,8-9H2,1-2H3,(H,25,26,28). The van der Waals surface area contributed by atoms with Gasteiger partial charge in [-0.2, -0.15) is 0 Å². The summed E-state index contributed by atoms with van der Waals surface area (Å²) in [4.78, 5) is 26.3. The average molecular weight is 424 g/mol. The van der Waals surface area contributed by atoms with Crippen molar-refractivity contribution in [2.45, 2.75) is 19.8 Å². The number of fused-ring (bicyclic) bond motifs is 3. The summed E-state index contributed by atoms with van der Waals surface area (Å²) in [6.45, 7) is 2.08. The molecule has 6 nitrogen and oxygen atoms in total. The zero-order valence-corrected chi connectivity index (χ0v) is 17.5. The summed E-state index contributed by atoms with van der Waals surface area (Å²) < 4.78 is 0. The van der Waals surface area contributed by atoms with Gasteiger partial charge in [0.05, 0.1) is 27.8 Å². The zero-order chi connectivity index (χ0) is 20.4. The van der Waals surface area contributed by atoms with E-state index in [1.165, 1.54) is 18.3 Å². The topological polar surface area (TPSA) is 79.8 Å². The Labute approximate surface area is 177 Å². The Bertz CT molecular complexity index is 1160. The van der Waals surface area contributed by atoms with Crippen LogP contribution in [-0.2, 0) is 17.6 Å². The number of anilines is 1. The van der Waals surface area contributed by atoms with Crippen LogP contribution in [0, 0.1) is 11.8 Å². The fourth-order valence-corrected chi connectivity index (χ4v) is 4.37. The number of benzene rings is 1. The number of nitrogens with one attached hydrogen (secondary N) is 2. The van der Waals surface area contributed by atoms with E-state index in [1.54, 1.807) is 0 Å². The maximum absolute atomic E-state index is 11.4. The normalized spacial score (nSPS) is 11.8. The van der Waals surface area contributed by atoms with Crippen LogP contribution in [0.25, 0.3) is 22.0 Å². The summed E-state index contributed by atoms with van der Waals surface area (Å²) in [5.41, 5.74) is 4.47. The van der Waals surface area contributed by atoms with E-state index in [2.05, 4.69) is 32.4 Å². The molecule has 0 spiro atoms. The van der Waals surface area contributed by atoms with Crippen LogP contribution in [0.1, 0.15) is 23.7 Å². The first-order valence-corrected chi connectivity index (χ1v) is 10.3. The van der Waals surface area contributed by atoms with Gasteiger partial charge in [-0.05, 0) is 43.7 Å². The summed E-state index contributed by atoms with van der Waals surface area (Å²) in [5.74, 6) is 6.57. The predicted molar refractivity (Wildman–Crippen MR) is 116 cm³/mol. The molecular weight excluding hydrogens is 406 g/mol. The highest BCUT2D eigenvalue weighted by atomic mass is 35.5. The van der Waals surface area contributed by atoms with Crippen molar-refractivity contribution in [2.75, 3.05) is 18.9 Å². The number of aromatic nitrogens is 3. The monoisotopic (exact) mass is 423 g/mol. The molecule has 0 fully saturated rings. The fourth-order valence-electron chi connectivity index (χ4n) is 3.09. The summed E-state index contributed by atoms with van der Waals surface area (Å²) >= 11 is 7.87. The second-order valence-corrected chi connectivity index (χ2v) is 7.98. The first-order valence-electron chi connectivity index (χ1n) is 9.12. The van der Waals surface area contributed by atoms with Crippen molar-refractivity contribution in [2.24, 2.45) is 0 Å². The molecule has 1 aliphatic carbocycles. The minimum atomic E-state index is -0.136. The molecule has 4 rings (SSSR count). The Hall–Kier alpha value is -2.79. The number of aryl methyl sites for hydroxylation is 2. The highest BCUT2D eigenvalue weighted by Gasteiger charge is 2.24. The smallest absolute Gasteiger partial charge is 0.223 e. The number of hydrogen-bond donors (Lipinski definition) is 2. The Balaban J connectivity index is 1.75. The van der Waals surface area contributed by atoms with Crippen molar-refractivity contribution < 1.29 is 4.79 Å². The highest BCUT2D eigenvalue weighted by Crippen LogP contribution is 2.39. The number of thiazole rings is 1. The maximum Gasteiger partial charge on any atom is 0.223 e. The molecule has 0 saturated carbocycles. The second kappa shape index (κ2) is 8.29. The van der Waals surface area contributed by atoms with E-state index in [4.69, 9.17) is 16.6 Å². The Morgan fingerprint density at radius 1 is 1.31 bits per heavy atom. The van der Waals surface area contributed by atoms with Crippen molar-refractivity contribution in [1.29, 1.82) is 0 Å². The Morgan fingerprint density at radius 3 is 2.97 bits per heavy atom. The SMILES string of the molecule is CNCC#Cc1ccc(Cl)c(-c2ncc3c(n2)-c2sc(NC(C)=O)nc2CC3)c1. The lowest BCUT2D eigenvalue weighted by atomic mass is 9.99. The zero-order valence-electron chi connectivity index (χ0n) is 16.0. The van der Waals surface area contributed by atoms with Crippen LogP contribution in [0.4, 0.5) is 5.13 Å². The molecular formula is C21H18ClN5OS. The molecule has 0 radical (unpaired) electrons. The number of halogens is 1. The summed E-state index contributed by atoms with van der Waals surface area (Å²) in [5, 5.41) is 6.93. The molecule has 0 bridgehead atoms. The third-order valence-electron chi connectivity index (χ3n) is 4.40. The van der Waals surface area contributed by atoms with Gasteiger partial charge in [0, 0.05) is 24.2 Å². The number of nitrogens with zero attached hydrogens (tertiary/aromatic N) is 3. The first kappa shape index (κ1) is 19.5. The third kappa shape index (κ3) is 4.15. The van der Waals surface area contributed by atoms with Crippen LogP contribution in [-0.4, -0.2) is 34.5 Å².